The number of nitrogens with two attached hydrogens (primary N) is 1. The number of hydrogen-bond donors (Lipinski definition) is 1. The molecule has 1 saturated heterocycles. The minimum absolute atomic E-state index is 0.129. The van der Waals surface area contributed by atoms with E-state index < -0.39 is 0 Å². The van der Waals surface area contributed by atoms with Gasteiger partial charge in [0.2, 0.25) is 0 Å². The Morgan fingerprint density at radius 2 is 2.25 bits per heavy atom. The number of likely N-dealkylation sites (N-methyl/N-ethyl adjacent to an activating group) is 1. The van der Waals surface area contributed by atoms with Crippen molar-refractivity contribution in [1.82, 2.24) is 29.9 Å². The molecule has 0 radical (unpaired) electrons. The van der Waals surface area contributed by atoms with E-state index in [9.17, 15) is 0 Å². The van der Waals surface area contributed by atoms with E-state index in [1.807, 2.05) is 7.05 Å². The van der Waals surface area contributed by atoms with Crippen molar-refractivity contribution >= 4 is 22.7 Å². The number of aryl methyl sites for hydroxylation is 1. The number of rotatable bonds is 2. The monoisotopic (exact) mass is 275 g/mol. The van der Waals surface area contributed by atoms with Crippen LogP contribution in [0.1, 0.15) is 5.82 Å². The highest BCUT2D eigenvalue weighted by molar-refractivity contribution is 5.83. The molecule has 0 aromatic carbocycles. The second-order valence-corrected chi connectivity index (χ2v) is 4.94. The van der Waals surface area contributed by atoms with Crippen molar-refractivity contribution in [3.05, 3.63) is 12.4 Å². The van der Waals surface area contributed by atoms with E-state index >= 15 is 0 Å². The van der Waals surface area contributed by atoms with Crippen LogP contribution in [0, 0.1) is 6.92 Å². The Bertz CT molecular complexity index is 665. The predicted octanol–water partition coefficient (Wildman–Crippen LogP) is -0.0868. The Labute approximate surface area is 116 Å². The lowest BCUT2D eigenvalue weighted by Crippen LogP contribution is -2.41. The Hall–Kier alpha value is -2.06. The molecule has 0 aliphatic carbocycles. The van der Waals surface area contributed by atoms with Crippen molar-refractivity contribution < 1.29 is 4.74 Å². The van der Waals surface area contributed by atoms with Gasteiger partial charge in [-0.3, -0.25) is 0 Å². The third-order valence-electron chi connectivity index (χ3n) is 3.35. The Kier molecular flexibility index (Phi) is 3.11. The molecular weight excluding hydrogens is 258 g/mol. The first-order valence-corrected chi connectivity index (χ1v) is 6.41. The van der Waals surface area contributed by atoms with E-state index in [0.717, 1.165) is 13.1 Å². The van der Waals surface area contributed by atoms with Gasteiger partial charge in [0, 0.05) is 13.1 Å². The highest BCUT2D eigenvalue weighted by atomic mass is 16.5. The first kappa shape index (κ1) is 12.9. The number of aromatic nitrogens is 5. The fourth-order valence-corrected chi connectivity index (χ4v) is 2.26. The summed E-state index contributed by atoms with van der Waals surface area (Å²) < 4.78 is 7.33. The van der Waals surface area contributed by atoms with Gasteiger partial charge in [0.05, 0.1) is 12.3 Å². The summed E-state index contributed by atoms with van der Waals surface area (Å²) in [6.45, 7) is 8.20. The van der Waals surface area contributed by atoms with Crippen molar-refractivity contribution in [2.75, 3.05) is 32.5 Å². The Morgan fingerprint density at radius 1 is 1.45 bits per heavy atom. The van der Waals surface area contributed by atoms with Crippen LogP contribution in [0.5, 0.6) is 0 Å². The quantitative estimate of drug-likeness (QED) is 0.818. The number of hydrogen-bond acceptors (Lipinski definition) is 7. The summed E-state index contributed by atoms with van der Waals surface area (Å²) in [5.74, 6) is 0.904. The van der Waals surface area contributed by atoms with Gasteiger partial charge in [-0.15, -0.1) is 5.10 Å². The van der Waals surface area contributed by atoms with Gasteiger partial charge in [-0.1, -0.05) is 11.8 Å². The zero-order valence-corrected chi connectivity index (χ0v) is 11.6. The smallest absolute Gasteiger partial charge is 0.188 e. The molecule has 1 atom stereocenters. The molecule has 0 bridgehead atoms. The van der Waals surface area contributed by atoms with Crippen molar-refractivity contribution in [3.8, 4) is 0 Å². The molecule has 0 amide bonds. The summed E-state index contributed by atoms with van der Waals surface area (Å²) in [6, 6.07) is 0. The van der Waals surface area contributed by atoms with Crippen LogP contribution in [0.15, 0.2) is 6.58 Å². The highest BCUT2D eigenvalue weighted by Gasteiger charge is 2.24. The lowest BCUT2D eigenvalue weighted by Gasteiger charge is -2.30. The fourth-order valence-electron chi connectivity index (χ4n) is 2.26. The van der Waals surface area contributed by atoms with Crippen LogP contribution in [0.4, 0.5) is 5.82 Å². The lowest BCUT2D eigenvalue weighted by atomic mass is 10.2. The predicted molar refractivity (Wildman–Crippen MR) is 74.8 cm³/mol. The van der Waals surface area contributed by atoms with Gasteiger partial charge in [0.15, 0.2) is 17.0 Å². The molecular formula is C12H17N7O. The maximum absolute atomic E-state index is 5.83. The molecule has 3 heterocycles. The van der Waals surface area contributed by atoms with Crippen LogP contribution in [0.3, 0.4) is 0 Å². The first-order valence-electron chi connectivity index (χ1n) is 6.41. The molecule has 2 aromatic heterocycles. The van der Waals surface area contributed by atoms with Crippen molar-refractivity contribution in [2.45, 2.75) is 13.0 Å². The number of nitrogens with zero attached hydrogens (tertiary/aromatic N) is 6. The highest BCUT2D eigenvalue weighted by Crippen LogP contribution is 2.21. The largest absolute Gasteiger partial charge is 0.382 e. The van der Waals surface area contributed by atoms with Gasteiger partial charge in [-0.25, -0.2) is 9.97 Å². The lowest BCUT2D eigenvalue weighted by molar-refractivity contribution is 0.00956. The molecule has 0 unspecified atom stereocenters. The summed E-state index contributed by atoms with van der Waals surface area (Å²) in [4.78, 5) is 10.6. The standard InChI is InChI=1S/C12H17N7O/c1-7(9-6-18(3)4-5-20-9)19-12-10(16-17-19)11(13)14-8(2)15-12/h9H,1,4-6H2,2-3H3,(H2,13,14,15)/t9-/m1/s1. The second kappa shape index (κ2) is 4.80. The summed E-state index contributed by atoms with van der Waals surface area (Å²) in [5, 5.41) is 8.11. The first-order chi connectivity index (χ1) is 9.56. The van der Waals surface area contributed by atoms with E-state index in [2.05, 4.69) is 31.8 Å². The van der Waals surface area contributed by atoms with Crippen LogP contribution < -0.4 is 5.73 Å². The molecule has 8 nitrogen and oxygen atoms in total. The summed E-state index contributed by atoms with van der Waals surface area (Å²) in [5.41, 5.74) is 7.59. The van der Waals surface area contributed by atoms with Gasteiger partial charge >= 0.3 is 0 Å². The third-order valence-corrected chi connectivity index (χ3v) is 3.35. The maximum atomic E-state index is 5.83. The van der Waals surface area contributed by atoms with Gasteiger partial charge in [0.25, 0.3) is 0 Å². The van der Waals surface area contributed by atoms with Crippen molar-refractivity contribution in [3.63, 3.8) is 0 Å². The van der Waals surface area contributed by atoms with Crippen LogP contribution >= 0.6 is 0 Å². The number of morpholine rings is 1. The minimum Gasteiger partial charge on any atom is -0.382 e. The van der Waals surface area contributed by atoms with Gasteiger partial charge < -0.3 is 15.4 Å². The average molecular weight is 275 g/mol. The maximum Gasteiger partial charge on any atom is 0.188 e. The summed E-state index contributed by atoms with van der Waals surface area (Å²) in [6.07, 6.45) is -0.129. The molecule has 3 rings (SSSR count). The van der Waals surface area contributed by atoms with Gasteiger partial charge in [-0.2, -0.15) is 4.68 Å². The second-order valence-electron chi connectivity index (χ2n) is 4.94. The van der Waals surface area contributed by atoms with E-state index in [1.165, 1.54) is 0 Å². The van der Waals surface area contributed by atoms with E-state index in [1.54, 1.807) is 11.6 Å². The third kappa shape index (κ3) is 2.12. The average Bonchev–Trinajstić information content (AvgIpc) is 2.81. The van der Waals surface area contributed by atoms with Gasteiger partial charge in [0.1, 0.15) is 11.9 Å². The number of anilines is 1. The number of fused-ring (bicyclic) bond motifs is 1. The Morgan fingerprint density at radius 3 is 3.00 bits per heavy atom. The zero-order valence-electron chi connectivity index (χ0n) is 11.6. The molecule has 1 fully saturated rings. The van der Waals surface area contributed by atoms with E-state index in [-0.39, 0.29) is 6.10 Å². The van der Waals surface area contributed by atoms with Gasteiger partial charge in [-0.05, 0) is 14.0 Å². The van der Waals surface area contributed by atoms with E-state index in [0.29, 0.717) is 35.1 Å². The van der Waals surface area contributed by atoms with Crippen molar-refractivity contribution in [2.24, 2.45) is 0 Å². The molecule has 2 aromatic rings. The molecule has 1 aliphatic heterocycles. The zero-order chi connectivity index (χ0) is 14.3. The summed E-state index contributed by atoms with van der Waals surface area (Å²) >= 11 is 0. The van der Waals surface area contributed by atoms with Crippen molar-refractivity contribution in [1.29, 1.82) is 0 Å². The normalized spacial score (nSPS) is 20.4. The van der Waals surface area contributed by atoms with Crippen LogP contribution in [-0.2, 0) is 4.74 Å². The topological polar surface area (TPSA) is 95.0 Å². The van der Waals surface area contributed by atoms with Crippen LogP contribution in [-0.4, -0.2) is 62.7 Å². The van der Waals surface area contributed by atoms with Crippen LogP contribution in [0.25, 0.3) is 16.9 Å². The van der Waals surface area contributed by atoms with Crippen LogP contribution in [0.2, 0.25) is 0 Å². The Balaban J connectivity index is 1.99. The molecule has 0 spiro atoms. The molecule has 20 heavy (non-hydrogen) atoms. The molecule has 1 aliphatic rings. The number of nitrogen functional groups attached to an aromatic ring is 1. The minimum atomic E-state index is -0.129. The van der Waals surface area contributed by atoms with E-state index in [4.69, 9.17) is 10.5 Å². The fraction of sp³-hybridized carbons (Fsp3) is 0.500. The SMILES string of the molecule is C=C([C@H]1CN(C)CCO1)n1nnc2c(N)nc(C)nc21. The molecule has 106 valence electrons. The molecule has 8 heteroatoms. The molecule has 2 N–H and O–H groups in total. The summed E-state index contributed by atoms with van der Waals surface area (Å²) in [7, 11) is 2.05. The number of ether oxygens (including phenoxy) is 1. The molecule has 0 saturated carbocycles.